The van der Waals surface area contributed by atoms with Gasteiger partial charge in [-0.05, 0) is 30.5 Å². The van der Waals surface area contributed by atoms with Gasteiger partial charge in [-0.15, -0.1) is 0 Å². The van der Waals surface area contributed by atoms with Crippen molar-refractivity contribution < 1.29 is 14.4 Å². The zero-order valence-corrected chi connectivity index (χ0v) is 17.4. The number of nitro benzene ring substituents is 1. The van der Waals surface area contributed by atoms with Gasteiger partial charge in [-0.3, -0.25) is 15.1 Å². The zero-order chi connectivity index (χ0) is 21.3. The Bertz CT molecular complexity index is 877. The molecular weight excluding hydrogens is 384 g/mol. The number of benzene rings is 2. The van der Waals surface area contributed by atoms with Crippen LogP contribution in [0.2, 0.25) is 0 Å². The number of hydrogen-bond donors (Lipinski definition) is 2. The van der Waals surface area contributed by atoms with E-state index in [9.17, 15) is 10.1 Å². The largest absolute Gasteiger partial charge is 0.493 e. The van der Waals surface area contributed by atoms with Gasteiger partial charge in [0.05, 0.1) is 18.1 Å². The Labute approximate surface area is 176 Å². The third kappa shape index (κ3) is 6.18. The number of guanidine groups is 1. The van der Waals surface area contributed by atoms with Crippen molar-refractivity contribution >= 4 is 11.6 Å². The van der Waals surface area contributed by atoms with Gasteiger partial charge in [-0.1, -0.05) is 24.3 Å². The maximum absolute atomic E-state index is 10.8. The highest BCUT2D eigenvalue weighted by Gasteiger charge is 2.17. The fourth-order valence-electron chi connectivity index (χ4n) is 3.19. The standard InChI is InChI=1S/C22H28N4O4/c1-16-3-6-19(21(11-16)30-15-18-9-10-29-14-18)13-25-22(23-2)24-12-17-4-7-20(8-5-17)26(27)28/h3-8,11,18H,9-10,12-15H2,1-2H3,(H2,23,24,25). The molecule has 0 spiro atoms. The molecule has 1 saturated heterocycles. The Morgan fingerprint density at radius 3 is 2.67 bits per heavy atom. The van der Waals surface area contributed by atoms with Crippen LogP contribution >= 0.6 is 0 Å². The molecule has 160 valence electrons. The summed E-state index contributed by atoms with van der Waals surface area (Å²) < 4.78 is 11.5. The molecule has 3 rings (SSSR count). The zero-order valence-electron chi connectivity index (χ0n) is 17.4. The van der Waals surface area contributed by atoms with Crippen LogP contribution in [0.5, 0.6) is 5.75 Å². The number of nitrogens with one attached hydrogen (secondary N) is 2. The van der Waals surface area contributed by atoms with Gasteiger partial charge in [-0.25, -0.2) is 0 Å². The lowest BCUT2D eigenvalue weighted by Gasteiger charge is -2.17. The van der Waals surface area contributed by atoms with E-state index in [0.717, 1.165) is 42.1 Å². The van der Waals surface area contributed by atoms with E-state index in [1.54, 1.807) is 19.2 Å². The number of hydrogen-bond acceptors (Lipinski definition) is 5. The van der Waals surface area contributed by atoms with Crippen molar-refractivity contribution in [1.82, 2.24) is 10.6 Å². The van der Waals surface area contributed by atoms with E-state index in [1.807, 2.05) is 6.92 Å². The summed E-state index contributed by atoms with van der Waals surface area (Å²) in [5, 5.41) is 17.3. The predicted molar refractivity (Wildman–Crippen MR) is 116 cm³/mol. The van der Waals surface area contributed by atoms with Crippen LogP contribution in [0.1, 0.15) is 23.1 Å². The summed E-state index contributed by atoms with van der Waals surface area (Å²) in [5.74, 6) is 1.96. The summed E-state index contributed by atoms with van der Waals surface area (Å²) in [5.41, 5.74) is 3.22. The van der Waals surface area contributed by atoms with Crippen LogP contribution in [-0.4, -0.2) is 37.8 Å². The quantitative estimate of drug-likeness (QED) is 0.299. The minimum atomic E-state index is -0.404. The minimum absolute atomic E-state index is 0.0809. The predicted octanol–water partition coefficient (Wildman–Crippen LogP) is 3.18. The average molecular weight is 412 g/mol. The SMILES string of the molecule is CN=C(NCc1ccc([N+](=O)[O-])cc1)NCc1ccc(C)cc1OCC1CCOC1. The third-order valence-electron chi connectivity index (χ3n) is 5.00. The maximum atomic E-state index is 10.8. The van der Waals surface area contributed by atoms with Gasteiger partial charge in [0.1, 0.15) is 5.75 Å². The molecule has 8 nitrogen and oxygen atoms in total. The highest BCUT2D eigenvalue weighted by Crippen LogP contribution is 2.22. The Hall–Kier alpha value is -3.13. The van der Waals surface area contributed by atoms with E-state index >= 15 is 0 Å². The number of non-ortho nitro benzene ring substituents is 1. The second-order valence-electron chi connectivity index (χ2n) is 7.35. The van der Waals surface area contributed by atoms with Crippen molar-refractivity contribution in [2.24, 2.45) is 10.9 Å². The molecule has 1 heterocycles. The van der Waals surface area contributed by atoms with Gasteiger partial charge in [0.15, 0.2) is 5.96 Å². The number of aliphatic imine (C=N–C) groups is 1. The summed E-state index contributed by atoms with van der Waals surface area (Å²) >= 11 is 0. The Morgan fingerprint density at radius 2 is 2.00 bits per heavy atom. The summed E-state index contributed by atoms with van der Waals surface area (Å²) in [6.45, 7) is 5.36. The first kappa shape index (κ1) is 21.6. The lowest BCUT2D eigenvalue weighted by Crippen LogP contribution is -2.36. The van der Waals surface area contributed by atoms with Crippen molar-refractivity contribution in [3.63, 3.8) is 0 Å². The molecule has 30 heavy (non-hydrogen) atoms. The molecule has 1 fully saturated rings. The molecule has 1 atom stereocenters. The minimum Gasteiger partial charge on any atom is -0.493 e. The Balaban J connectivity index is 1.54. The number of rotatable bonds is 8. The number of aryl methyl sites for hydroxylation is 1. The summed E-state index contributed by atoms with van der Waals surface area (Å²) in [6.07, 6.45) is 1.04. The van der Waals surface area contributed by atoms with Gasteiger partial charge in [0.25, 0.3) is 5.69 Å². The van der Waals surface area contributed by atoms with E-state index in [4.69, 9.17) is 9.47 Å². The maximum Gasteiger partial charge on any atom is 0.269 e. The smallest absolute Gasteiger partial charge is 0.269 e. The fourth-order valence-corrected chi connectivity index (χ4v) is 3.19. The van der Waals surface area contributed by atoms with Crippen molar-refractivity contribution in [2.45, 2.75) is 26.4 Å². The van der Waals surface area contributed by atoms with Gasteiger partial charge in [-0.2, -0.15) is 0 Å². The molecule has 1 unspecified atom stereocenters. The van der Waals surface area contributed by atoms with Gasteiger partial charge < -0.3 is 20.1 Å². The van der Waals surface area contributed by atoms with Crippen molar-refractivity contribution in [2.75, 3.05) is 26.9 Å². The highest BCUT2D eigenvalue weighted by atomic mass is 16.6. The summed E-state index contributed by atoms with van der Waals surface area (Å²) in [6, 6.07) is 12.6. The topological polar surface area (TPSA) is 98.0 Å². The molecule has 0 saturated carbocycles. The molecule has 0 aromatic heterocycles. The average Bonchev–Trinajstić information content (AvgIpc) is 3.27. The molecule has 8 heteroatoms. The first-order valence-corrected chi connectivity index (χ1v) is 10.0. The molecule has 1 aliphatic rings. The molecular formula is C22H28N4O4. The van der Waals surface area contributed by atoms with Crippen LogP contribution in [0.25, 0.3) is 0 Å². The van der Waals surface area contributed by atoms with Crippen LogP contribution in [0.15, 0.2) is 47.5 Å². The van der Waals surface area contributed by atoms with Crippen LogP contribution in [0.4, 0.5) is 5.69 Å². The summed E-state index contributed by atoms with van der Waals surface area (Å²) in [7, 11) is 1.71. The second-order valence-corrected chi connectivity index (χ2v) is 7.35. The van der Waals surface area contributed by atoms with Crippen molar-refractivity contribution in [3.05, 3.63) is 69.3 Å². The van der Waals surface area contributed by atoms with Gasteiger partial charge in [0, 0.05) is 50.4 Å². The lowest BCUT2D eigenvalue weighted by molar-refractivity contribution is -0.384. The Morgan fingerprint density at radius 1 is 1.23 bits per heavy atom. The Kier molecular flexibility index (Phi) is 7.62. The van der Waals surface area contributed by atoms with Crippen LogP contribution in [-0.2, 0) is 17.8 Å². The highest BCUT2D eigenvalue weighted by molar-refractivity contribution is 5.79. The van der Waals surface area contributed by atoms with Gasteiger partial charge in [0.2, 0.25) is 0 Å². The molecule has 0 radical (unpaired) electrons. The van der Waals surface area contributed by atoms with E-state index in [2.05, 4.69) is 33.8 Å². The van der Waals surface area contributed by atoms with E-state index in [1.165, 1.54) is 12.1 Å². The molecule has 2 N–H and O–H groups in total. The van der Waals surface area contributed by atoms with Crippen molar-refractivity contribution in [1.29, 1.82) is 0 Å². The molecule has 0 bridgehead atoms. The normalized spacial score (nSPS) is 16.3. The number of nitrogens with zero attached hydrogens (tertiary/aromatic N) is 2. The van der Waals surface area contributed by atoms with E-state index < -0.39 is 4.92 Å². The first-order valence-electron chi connectivity index (χ1n) is 10.0. The molecule has 2 aromatic rings. The molecule has 0 aliphatic carbocycles. The van der Waals surface area contributed by atoms with Crippen LogP contribution in [0, 0.1) is 23.0 Å². The van der Waals surface area contributed by atoms with Gasteiger partial charge >= 0.3 is 0 Å². The summed E-state index contributed by atoms with van der Waals surface area (Å²) in [4.78, 5) is 14.6. The number of nitro groups is 1. The van der Waals surface area contributed by atoms with Crippen molar-refractivity contribution in [3.8, 4) is 5.75 Å². The fraction of sp³-hybridized carbons (Fsp3) is 0.409. The molecule has 0 amide bonds. The first-order chi connectivity index (χ1) is 14.5. The van der Waals surface area contributed by atoms with Crippen LogP contribution in [0.3, 0.4) is 0 Å². The molecule has 2 aromatic carbocycles. The second kappa shape index (κ2) is 10.6. The van der Waals surface area contributed by atoms with E-state index in [0.29, 0.717) is 31.6 Å². The number of ether oxygens (including phenoxy) is 2. The van der Waals surface area contributed by atoms with Crippen LogP contribution < -0.4 is 15.4 Å². The third-order valence-corrected chi connectivity index (χ3v) is 5.00. The van der Waals surface area contributed by atoms with E-state index in [-0.39, 0.29) is 5.69 Å². The molecule has 1 aliphatic heterocycles. The lowest BCUT2D eigenvalue weighted by atomic mass is 10.1. The monoisotopic (exact) mass is 412 g/mol.